The lowest BCUT2D eigenvalue weighted by molar-refractivity contribution is -0.151. The van der Waals surface area contributed by atoms with Crippen molar-refractivity contribution >= 4 is 12.2 Å². The SMILES string of the molecule is OC1(O)O[C@@]12C=c1ccccc1=CC2. The molecule has 1 atom stereocenters. The minimum Gasteiger partial charge on any atom is -0.341 e. The van der Waals surface area contributed by atoms with Crippen LogP contribution in [0.4, 0.5) is 0 Å². The standard InChI is InChI=1S/C11H10O3/c12-11(13)10(14-11)6-5-8-3-1-2-4-9(8)7-10/h1-5,7,12-13H,6H2/t10-/m0/s1. The highest BCUT2D eigenvalue weighted by Crippen LogP contribution is 2.48. The third-order valence-corrected chi connectivity index (χ3v) is 2.84. The summed E-state index contributed by atoms with van der Waals surface area (Å²) < 4.78 is 4.91. The molecule has 72 valence electrons. The molecule has 1 fully saturated rings. The number of fused-ring (bicyclic) bond motifs is 1. The van der Waals surface area contributed by atoms with Gasteiger partial charge in [-0.05, 0) is 16.5 Å². The number of aliphatic hydroxyl groups is 2. The smallest absolute Gasteiger partial charge is 0.314 e. The van der Waals surface area contributed by atoms with Crippen LogP contribution in [-0.4, -0.2) is 21.8 Å². The summed E-state index contributed by atoms with van der Waals surface area (Å²) in [4.78, 5) is 0. The molecule has 1 spiro atoms. The molecule has 0 amide bonds. The number of benzene rings is 1. The highest BCUT2D eigenvalue weighted by molar-refractivity contribution is 5.52. The molecule has 1 aliphatic heterocycles. The average Bonchev–Trinajstić information content (AvgIpc) is 2.67. The number of hydrogen-bond donors (Lipinski definition) is 2. The van der Waals surface area contributed by atoms with Crippen molar-refractivity contribution in [3.63, 3.8) is 0 Å². The molecule has 1 saturated heterocycles. The number of hydrogen-bond acceptors (Lipinski definition) is 3. The highest BCUT2D eigenvalue weighted by atomic mass is 16.9. The van der Waals surface area contributed by atoms with Crippen LogP contribution >= 0.6 is 0 Å². The van der Waals surface area contributed by atoms with Crippen molar-refractivity contribution in [2.24, 2.45) is 0 Å². The lowest BCUT2D eigenvalue weighted by atomic mass is 9.96. The predicted molar refractivity (Wildman–Crippen MR) is 50.2 cm³/mol. The first-order chi connectivity index (χ1) is 6.63. The van der Waals surface area contributed by atoms with Crippen molar-refractivity contribution in [3.8, 4) is 0 Å². The fraction of sp³-hybridized carbons (Fsp3) is 0.273. The summed E-state index contributed by atoms with van der Waals surface area (Å²) in [6, 6.07) is 7.81. The molecule has 1 aliphatic carbocycles. The summed E-state index contributed by atoms with van der Waals surface area (Å²) in [6.45, 7) is 0. The van der Waals surface area contributed by atoms with Crippen molar-refractivity contribution in [3.05, 3.63) is 34.7 Å². The van der Waals surface area contributed by atoms with Gasteiger partial charge in [-0.15, -0.1) is 0 Å². The van der Waals surface area contributed by atoms with Gasteiger partial charge in [-0.3, -0.25) is 0 Å². The predicted octanol–water partition coefficient (Wildman–Crippen LogP) is -0.941. The van der Waals surface area contributed by atoms with E-state index < -0.39 is 11.6 Å². The molecule has 14 heavy (non-hydrogen) atoms. The Morgan fingerprint density at radius 3 is 2.43 bits per heavy atom. The molecule has 2 aliphatic rings. The lowest BCUT2D eigenvalue weighted by Crippen LogP contribution is -2.35. The summed E-state index contributed by atoms with van der Waals surface area (Å²) in [5.41, 5.74) is -0.901. The largest absolute Gasteiger partial charge is 0.341 e. The van der Waals surface area contributed by atoms with Gasteiger partial charge < -0.3 is 14.9 Å². The molecular formula is C11H10O3. The van der Waals surface area contributed by atoms with Crippen LogP contribution in [0.25, 0.3) is 12.2 Å². The quantitative estimate of drug-likeness (QED) is 0.410. The lowest BCUT2D eigenvalue weighted by Gasteiger charge is -2.09. The Hall–Kier alpha value is -1.16. The van der Waals surface area contributed by atoms with Crippen LogP contribution in [0.1, 0.15) is 6.42 Å². The number of rotatable bonds is 0. The first-order valence-electron chi connectivity index (χ1n) is 4.56. The van der Waals surface area contributed by atoms with Crippen molar-refractivity contribution in [2.75, 3.05) is 0 Å². The van der Waals surface area contributed by atoms with Gasteiger partial charge in [-0.2, -0.15) is 0 Å². The Kier molecular flexibility index (Phi) is 1.32. The second kappa shape index (κ2) is 2.25. The average molecular weight is 190 g/mol. The van der Waals surface area contributed by atoms with Crippen LogP contribution in [0.3, 0.4) is 0 Å². The van der Waals surface area contributed by atoms with E-state index in [4.69, 9.17) is 4.74 Å². The molecule has 0 radical (unpaired) electrons. The van der Waals surface area contributed by atoms with E-state index in [1.54, 1.807) is 6.08 Å². The Morgan fingerprint density at radius 1 is 1.14 bits per heavy atom. The van der Waals surface area contributed by atoms with E-state index in [-0.39, 0.29) is 0 Å². The van der Waals surface area contributed by atoms with Gasteiger partial charge in [0.25, 0.3) is 0 Å². The molecule has 0 bridgehead atoms. The van der Waals surface area contributed by atoms with Crippen LogP contribution in [-0.2, 0) is 4.74 Å². The van der Waals surface area contributed by atoms with Gasteiger partial charge in [0.15, 0.2) is 5.60 Å². The van der Waals surface area contributed by atoms with E-state index >= 15 is 0 Å². The molecule has 0 unspecified atom stereocenters. The first kappa shape index (κ1) is 8.17. The molecular weight excluding hydrogens is 180 g/mol. The molecule has 3 heteroatoms. The van der Waals surface area contributed by atoms with Gasteiger partial charge in [0.05, 0.1) is 0 Å². The second-order valence-corrected chi connectivity index (χ2v) is 3.78. The van der Waals surface area contributed by atoms with E-state index in [1.165, 1.54) is 0 Å². The fourth-order valence-electron chi connectivity index (χ4n) is 1.93. The van der Waals surface area contributed by atoms with E-state index in [1.807, 2.05) is 30.3 Å². The third kappa shape index (κ3) is 0.917. The maximum atomic E-state index is 9.31. The molecule has 1 aromatic rings. The Balaban J connectivity index is 2.20. The second-order valence-electron chi connectivity index (χ2n) is 3.78. The monoisotopic (exact) mass is 190 g/mol. The molecule has 0 aromatic heterocycles. The fourth-order valence-corrected chi connectivity index (χ4v) is 1.93. The van der Waals surface area contributed by atoms with Crippen LogP contribution in [0.2, 0.25) is 0 Å². The Morgan fingerprint density at radius 2 is 1.79 bits per heavy atom. The minimum absolute atomic E-state index is 0.511. The molecule has 1 heterocycles. The molecule has 2 N–H and O–H groups in total. The van der Waals surface area contributed by atoms with Gasteiger partial charge >= 0.3 is 5.97 Å². The summed E-state index contributed by atoms with van der Waals surface area (Å²) in [5, 5.41) is 20.7. The van der Waals surface area contributed by atoms with Gasteiger partial charge in [0, 0.05) is 6.42 Å². The summed E-state index contributed by atoms with van der Waals surface area (Å²) in [7, 11) is 0. The topological polar surface area (TPSA) is 53.0 Å². The van der Waals surface area contributed by atoms with Gasteiger partial charge in [-0.25, -0.2) is 0 Å². The van der Waals surface area contributed by atoms with Crippen molar-refractivity contribution in [2.45, 2.75) is 18.0 Å². The zero-order chi connectivity index (χ0) is 9.81. The van der Waals surface area contributed by atoms with Crippen LogP contribution in [0, 0.1) is 0 Å². The van der Waals surface area contributed by atoms with Gasteiger partial charge in [0.2, 0.25) is 0 Å². The van der Waals surface area contributed by atoms with E-state index in [2.05, 4.69) is 0 Å². The van der Waals surface area contributed by atoms with Gasteiger partial charge in [0.1, 0.15) is 0 Å². The van der Waals surface area contributed by atoms with Crippen molar-refractivity contribution < 1.29 is 14.9 Å². The van der Waals surface area contributed by atoms with E-state index in [0.29, 0.717) is 6.42 Å². The molecule has 1 aromatic carbocycles. The summed E-state index contributed by atoms with van der Waals surface area (Å²) in [5.74, 6) is -1.98. The summed E-state index contributed by atoms with van der Waals surface area (Å²) >= 11 is 0. The Bertz CT molecular complexity index is 504. The summed E-state index contributed by atoms with van der Waals surface area (Å²) in [6.07, 6.45) is 4.25. The third-order valence-electron chi connectivity index (χ3n) is 2.84. The van der Waals surface area contributed by atoms with Crippen LogP contribution in [0.15, 0.2) is 24.3 Å². The zero-order valence-electron chi connectivity index (χ0n) is 7.47. The van der Waals surface area contributed by atoms with E-state index in [9.17, 15) is 10.2 Å². The first-order valence-corrected chi connectivity index (χ1v) is 4.56. The van der Waals surface area contributed by atoms with Crippen LogP contribution in [0.5, 0.6) is 0 Å². The molecule has 0 saturated carbocycles. The maximum absolute atomic E-state index is 9.31. The number of ether oxygens (including phenoxy) is 1. The van der Waals surface area contributed by atoms with Crippen molar-refractivity contribution in [1.82, 2.24) is 0 Å². The van der Waals surface area contributed by atoms with E-state index in [0.717, 1.165) is 10.4 Å². The molecule has 3 nitrogen and oxygen atoms in total. The highest BCUT2D eigenvalue weighted by Gasteiger charge is 2.68. The van der Waals surface area contributed by atoms with Crippen molar-refractivity contribution in [1.29, 1.82) is 0 Å². The Labute approximate surface area is 80.6 Å². The minimum atomic E-state index is -1.98. The zero-order valence-corrected chi connectivity index (χ0v) is 7.47. The van der Waals surface area contributed by atoms with Gasteiger partial charge in [-0.1, -0.05) is 30.3 Å². The number of epoxide rings is 1. The normalized spacial score (nSPS) is 31.6. The maximum Gasteiger partial charge on any atom is 0.314 e. The van der Waals surface area contributed by atoms with Crippen LogP contribution < -0.4 is 10.4 Å². The molecule has 3 rings (SSSR count).